The fourth-order valence-electron chi connectivity index (χ4n) is 13.2. The number of rotatable bonds is 28. The van der Waals surface area contributed by atoms with Crippen LogP contribution in [-0.2, 0) is 22.7 Å². The van der Waals surface area contributed by atoms with Gasteiger partial charge < -0.3 is 18.4 Å². The Balaban J connectivity index is 1.44. The zero-order valence-corrected chi connectivity index (χ0v) is 47.7. The Morgan fingerprint density at radius 1 is 0.493 bits per heavy atom. The topological polar surface area (TPSA) is 24.5 Å². The molecule has 1 saturated carbocycles. The number of aryl methyl sites for hydroxylation is 1. The lowest BCUT2D eigenvalue weighted by atomic mass is 9.73. The third-order valence-electron chi connectivity index (χ3n) is 17.8. The standard InChI is InChI=1S/C63H108N4O2/c1-15-22-36-66(37-23-16-2,38-24-17-3)42-30-34-62(14,35-31-43-67(39-25-18-4,40-26-19-5)41-27-20-6)54-44-50(21-7)58-51(46-54)48-64-56-32-28-29-33-57(56)65-49-52-45-53(60(8,9)10)47-55(61(11,12)13)59(52)69-63(64,65)68-58/h44-49,56-57H,15-43H2,1-14H3/q+4. The molecule has 2 aromatic rings. The zero-order chi connectivity index (χ0) is 50.1. The molecule has 1 saturated heterocycles. The number of unbranched alkanes of at least 4 members (excludes halogenated alkanes) is 6. The fraction of sp³-hybridized carbons (Fsp3) is 0.778. The van der Waals surface area contributed by atoms with Gasteiger partial charge in [-0.1, -0.05) is 157 Å². The van der Waals surface area contributed by atoms with E-state index in [1.54, 1.807) is 5.56 Å². The van der Waals surface area contributed by atoms with Crippen molar-refractivity contribution in [1.29, 1.82) is 0 Å². The Morgan fingerprint density at radius 2 is 0.884 bits per heavy atom. The molecule has 6 nitrogen and oxygen atoms in total. The van der Waals surface area contributed by atoms with E-state index in [0.29, 0.717) is 12.1 Å². The fourth-order valence-corrected chi connectivity index (χ4v) is 13.2. The van der Waals surface area contributed by atoms with E-state index in [4.69, 9.17) is 9.47 Å². The zero-order valence-electron chi connectivity index (χ0n) is 47.7. The maximum absolute atomic E-state index is 7.69. The van der Waals surface area contributed by atoms with Gasteiger partial charge in [-0.15, -0.1) is 0 Å². The second-order valence-corrected chi connectivity index (χ2v) is 25.5. The Bertz CT molecular complexity index is 1950. The van der Waals surface area contributed by atoms with Crippen LogP contribution >= 0.6 is 0 Å². The average molecular weight is 954 g/mol. The third-order valence-corrected chi connectivity index (χ3v) is 17.8. The van der Waals surface area contributed by atoms with Gasteiger partial charge in [0, 0.05) is 18.4 Å². The van der Waals surface area contributed by atoms with Crippen LogP contribution in [0.1, 0.15) is 259 Å². The minimum atomic E-state index is -1.04. The molecule has 2 aromatic carbocycles. The van der Waals surface area contributed by atoms with E-state index >= 15 is 0 Å². The largest absolute Gasteiger partial charge is 0.704 e. The van der Waals surface area contributed by atoms with Gasteiger partial charge in [0.2, 0.25) is 12.1 Å². The first-order valence-electron chi connectivity index (χ1n) is 29.6. The molecule has 0 amide bonds. The summed E-state index contributed by atoms with van der Waals surface area (Å²) in [6.45, 7) is 44.2. The quantitative estimate of drug-likeness (QED) is 0.0627. The lowest BCUT2D eigenvalue weighted by Crippen LogP contribution is -2.60. The summed E-state index contributed by atoms with van der Waals surface area (Å²) in [5.41, 5.74) is 7.97. The van der Waals surface area contributed by atoms with Crippen molar-refractivity contribution >= 4 is 12.4 Å². The number of ether oxygens (including phenoxy) is 2. The summed E-state index contributed by atoms with van der Waals surface area (Å²) in [7, 11) is 0. The monoisotopic (exact) mass is 953 g/mol. The maximum atomic E-state index is 7.69. The summed E-state index contributed by atoms with van der Waals surface area (Å²) in [6, 6.07) is 9.69. The lowest BCUT2D eigenvalue weighted by Gasteiger charge is -2.42. The molecule has 3 unspecified atom stereocenters. The summed E-state index contributed by atoms with van der Waals surface area (Å²) in [6.07, 6.45) is 31.6. The Hall–Kier alpha value is -2.70. The first-order chi connectivity index (χ1) is 32.9. The van der Waals surface area contributed by atoms with Gasteiger partial charge in [0.1, 0.15) is 0 Å². The van der Waals surface area contributed by atoms with Gasteiger partial charge in [0.25, 0.3) is 0 Å². The van der Waals surface area contributed by atoms with Crippen LogP contribution in [0.3, 0.4) is 0 Å². The molecular formula is C63H108N4O2+4. The number of fused-ring (bicyclic) bond motifs is 5. The van der Waals surface area contributed by atoms with Crippen molar-refractivity contribution in [1.82, 2.24) is 0 Å². The summed E-state index contributed by atoms with van der Waals surface area (Å²) in [5, 5.41) is 0. The normalized spacial score (nSPS) is 20.3. The molecule has 388 valence electrons. The molecule has 6 heteroatoms. The highest BCUT2D eigenvalue weighted by Gasteiger charge is 2.76. The molecule has 4 aliphatic rings. The van der Waals surface area contributed by atoms with Gasteiger partial charge in [-0.2, -0.15) is 0 Å². The van der Waals surface area contributed by atoms with E-state index in [0.717, 1.165) is 30.8 Å². The van der Waals surface area contributed by atoms with Crippen LogP contribution in [0.15, 0.2) is 24.3 Å². The predicted octanol–water partition coefficient (Wildman–Crippen LogP) is 15.4. The van der Waals surface area contributed by atoms with Gasteiger partial charge in [-0.25, -0.2) is 0 Å². The van der Waals surface area contributed by atoms with Crippen molar-refractivity contribution in [2.24, 2.45) is 0 Å². The number of nitrogens with zero attached hydrogens (tertiary/aromatic N) is 4. The number of hydrogen-bond donors (Lipinski definition) is 0. The smallest absolute Gasteiger partial charge is 0.340 e. The molecule has 1 spiro atoms. The molecule has 3 heterocycles. The van der Waals surface area contributed by atoms with E-state index in [2.05, 4.69) is 143 Å². The second-order valence-electron chi connectivity index (χ2n) is 25.5. The summed E-state index contributed by atoms with van der Waals surface area (Å²) < 4.78 is 23.0. The van der Waals surface area contributed by atoms with Gasteiger partial charge in [0.05, 0.1) is 63.5 Å². The molecule has 0 N–H and O–H groups in total. The Morgan fingerprint density at radius 3 is 1.28 bits per heavy atom. The van der Waals surface area contributed by atoms with Crippen LogP contribution in [0.2, 0.25) is 0 Å². The van der Waals surface area contributed by atoms with Crippen molar-refractivity contribution in [3.8, 4) is 11.5 Å². The molecule has 0 aromatic heterocycles. The van der Waals surface area contributed by atoms with Gasteiger partial charge in [-0.05, 0) is 129 Å². The number of hydrogen-bond acceptors (Lipinski definition) is 2. The van der Waals surface area contributed by atoms with Gasteiger partial charge in [-0.3, -0.25) is 0 Å². The molecule has 6 rings (SSSR count). The average Bonchev–Trinajstić information content (AvgIpc) is 3.60. The number of quaternary nitrogens is 2. The molecule has 0 bridgehead atoms. The molecule has 69 heavy (non-hydrogen) atoms. The van der Waals surface area contributed by atoms with E-state index in [1.807, 2.05) is 0 Å². The minimum Gasteiger partial charge on any atom is -0.340 e. The van der Waals surface area contributed by atoms with Crippen LogP contribution in [0.25, 0.3) is 0 Å². The second kappa shape index (κ2) is 23.9. The maximum Gasteiger partial charge on any atom is 0.704 e. The van der Waals surface area contributed by atoms with Crippen LogP contribution in [0.5, 0.6) is 11.5 Å². The van der Waals surface area contributed by atoms with Crippen molar-refractivity contribution < 1.29 is 27.6 Å². The van der Waals surface area contributed by atoms with E-state index < -0.39 is 6.03 Å². The SMILES string of the molecule is CCCC[N+](CCCC)(CCCC)CCCC(C)(CCC[N+](CCCC)(CCCC)CCCC)c1cc2c(c(CC)c1)OC13Oc4c(cc(C(C)(C)C)cc4C(C)(C)C)C=[N+]1C1CCCCC1[N+]3=C2. The van der Waals surface area contributed by atoms with Gasteiger partial charge in [0.15, 0.2) is 23.9 Å². The highest BCUT2D eigenvalue weighted by Crippen LogP contribution is 2.49. The van der Waals surface area contributed by atoms with E-state index in [1.165, 1.54) is 205 Å². The molecule has 2 fully saturated rings. The van der Waals surface area contributed by atoms with Crippen LogP contribution < -0.4 is 9.47 Å². The van der Waals surface area contributed by atoms with Crippen LogP contribution in [0.4, 0.5) is 0 Å². The highest BCUT2D eigenvalue weighted by molar-refractivity contribution is 5.85. The summed E-state index contributed by atoms with van der Waals surface area (Å²) in [5.74, 6) is 2.03. The molecule has 3 atom stereocenters. The Kier molecular flexibility index (Phi) is 19.3. The van der Waals surface area contributed by atoms with Crippen molar-refractivity contribution in [3.63, 3.8) is 0 Å². The van der Waals surface area contributed by atoms with Crippen molar-refractivity contribution in [2.75, 3.05) is 52.4 Å². The Labute approximate surface area is 425 Å². The van der Waals surface area contributed by atoms with Crippen molar-refractivity contribution in [3.05, 3.63) is 57.6 Å². The third kappa shape index (κ3) is 12.6. The first-order valence-corrected chi connectivity index (χ1v) is 29.6. The van der Waals surface area contributed by atoms with Gasteiger partial charge >= 0.3 is 6.03 Å². The number of benzene rings is 2. The van der Waals surface area contributed by atoms with Crippen LogP contribution in [0, 0.1) is 0 Å². The molecular weight excluding hydrogens is 845 g/mol. The van der Waals surface area contributed by atoms with Crippen LogP contribution in [-0.4, -0.2) is 101 Å². The summed E-state index contributed by atoms with van der Waals surface area (Å²) >= 11 is 0. The van der Waals surface area contributed by atoms with E-state index in [-0.39, 0.29) is 16.2 Å². The highest BCUT2D eigenvalue weighted by atomic mass is 16.7. The predicted molar refractivity (Wildman–Crippen MR) is 295 cm³/mol. The molecule has 0 radical (unpaired) electrons. The first kappa shape index (κ1) is 55.6. The molecule has 3 aliphatic heterocycles. The minimum absolute atomic E-state index is 0.0293. The van der Waals surface area contributed by atoms with E-state index in [9.17, 15) is 0 Å². The molecule has 1 aliphatic carbocycles. The lowest BCUT2D eigenvalue weighted by molar-refractivity contribution is -0.929. The van der Waals surface area contributed by atoms with Crippen molar-refractivity contribution in [2.45, 2.75) is 266 Å². The summed E-state index contributed by atoms with van der Waals surface area (Å²) in [4.78, 5) is 0.